The van der Waals surface area contributed by atoms with E-state index in [1.54, 1.807) is 12.4 Å². The zero-order valence-corrected chi connectivity index (χ0v) is 10.6. The number of aromatic nitrogens is 3. The first kappa shape index (κ1) is 11.8. The van der Waals surface area contributed by atoms with Crippen LogP contribution < -0.4 is 5.32 Å². The predicted molar refractivity (Wildman–Crippen MR) is 72.0 cm³/mol. The highest BCUT2D eigenvalue weighted by Gasteiger charge is 2.09. The second-order valence-corrected chi connectivity index (χ2v) is 4.70. The number of aromatic amines is 1. The Kier molecular flexibility index (Phi) is 3.20. The Morgan fingerprint density at radius 3 is 3.11 bits per heavy atom. The van der Waals surface area contributed by atoms with Crippen LogP contribution in [0.15, 0.2) is 46.3 Å². The summed E-state index contributed by atoms with van der Waals surface area (Å²) in [6.45, 7) is 0. The second-order valence-electron chi connectivity index (χ2n) is 3.77. The summed E-state index contributed by atoms with van der Waals surface area (Å²) >= 11 is 1.26. The van der Waals surface area contributed by atoms with E-state index in [-0.39, 0.29) is 11.7 Å². The Morgan fingerprint density at radius 2 is 2.32 bits per heavy atom. The number of rotatable bonds is 4. The van der Waals surface area contributed by atoms with Gasteiger partial charge in [0.1, 0.15) is 5.52 Å². The number of hydrogen-bond acceptors (Lipinski definition) is 5. The van der Waals surface area contributed by atoms with Crippen LogP contribution in [0.1, 0.15) is 0 Å². The average molecular weight is 274 g/mol. The first-order chi connectivity index (χ1) is 9.31. The molecular weight excluding hydrogens is 264 g/mol. The van der Waals surface area contributed by atoms with Gasteiger partial charge in [0.25, 0.3) is 5.22 Å². The molecule has 7 heteroatoms. The Labute approximate surface area is 112 Å². The van der Waals surface area contributed by atoms with Crippen molar-refractivity contribution in [3.63, 3.8) is 0 Å². The maximum absolute atomic E-state index is 11.7. The third-order valence-corrected chi connectivity index (χ3v) is 3.21. The van der Waals surface area contributed by atoms with Crippen LogP contribution in [0.4, 0.5) is 5.69 Å². The summed E-state index contributed by atoms with van der Waals surface area (Å²) in [6, 6.07) is 7.49. The highest BCUT2D eigenvalue weighted by atomic mass is 32.2. The quantitative estimate of drug-likeness (QED) is 0.713. The summed E-state index contributed by atoms with van der Waals surface area (Å²) in [5.74, 6) is 0.103. The summed E-state index contributed by atoms with van der Waals surface area (Å²) in [4.78, 5) is 15.9. The lowest BCUT2D eigenvalue weighted by molar-refractivity contribution is -0.113. The number of oxazole rings is 1. The molecule has 1 aromatic carbocycles. The number of nitrogens with one attached hydrogen (secondary N) is 2. The Morgan fingerprint density at radius 1 is 1.42 bits per heavy atom. The number of benzene rings is 1. The SMILES string of the molecule is O=C(CSc1nc2ccccc2o1)Nc1cn[nH]c1. The molecule has 1 amide bonds. The van der Waals surface area contributed by atoms with Gasteiger partial charge in [-0.05, 0) is 12.1 Å². The van der Waals surface area contributed by atoms with Crippen LogP contribution in [0.25, 0.3) is 11.1 Å². The number of thioether (sulfide) groups is 1. The standard InChI is InChI=1S/C12H10N4O2S/c17-11(15-8-5-13-14-6-8)7-19-12-16-9-3-1-2-4-10(9)18-12/h1-6H,7H2,(H,13,14)(H,15,17). The van der Waals surface area contributed by atoms with Gasteiger partial charge in [-0.1, -0.05) is 23.9 Å². The molecule has 2 N–H and O–H groups in total. The van der Waals surface area contributed by atoms with E-state index >= 15 is 0 Å². The second kappa shape index (κ2) is 5.15. The average Bonchev–Trinajstić information content (AvgIpc) is 3.04. The van der Waals surface area contributed by atoms with Crippen molar-refractivity contribution in [1.29, 1.82) is 0 Å². The maximum Gasteiger partial charge on any atom is 0.257 e. The lowest BCUT2D eigenvalue weighted by Gasteiger charge is -1.99. The third kappa shape index (κ3) is 2.76. The van der Waals surface area contributed by atoms with Crippen molar-refractivity contribution in [1.82, 2.24) is 15.2 Å². The molecule has 6 nitrogen and oxygen atoms in total. The fourth-order valence-corrected chi connectivity index (χ4v) is 2.19. The van der Waals surface area contributed by atoms with E-state index in [1.165, 1.54) is 11.8 Å². The number of amides is 1. The van der Waals surface area contributed by atoms with Crippen molar-refractivity contribution in [3.05, 3.63) is 36.7 Å². The van der Waals surface area contributed by atoms with Gasteiger partial charge < -0.3 is 9.73 Å². The number of nitrogens with zero attached hydrogens (tertiary/aromatic N) is 2. The predicted octanol–water partition coefficient (Wildman–Crippen LogP) is 2.28. The number of anilines is 1. The van der Waals surface area contributed by atoms with Crippen LogP contribution >= 0.6 is 11.8 Å². The molecule has 0 aliphatic heterocycles. The van der Waals surface area contributed by atoms with E-state index in [2.05, 4.69) is 20.5 Å². The number of para-hydroxylation sites is 2. The molecule has 3 rings (SSSR count). The van der Waals surface area contributed by atoms with Gasteiger partial charge in [-0.3, -0.25) is 9.89 Å². The van der Waals surface area contributed by atoms with E-state index in [0.717, 1.165) is 11.1 Å². The molecule has 19 heavy (non-hydrogen) atoms. The Bertz CT molecular complexity index is 660. The molecule has 3 aromatic rings. The first-order valence-electron chi connectivity index (χ1n) is 5.58. The molecule has 0 radical (unpaired) electrons. The van der Waals surface area contributed by atoms with Gasteiger partial charge in [-0.15, -0.1) is 0 Å². The maximum atomic E-state index is 11.7. The van der Waals surface area contributed by atoms with Gasteiger partial charge in [0.2, 0.25) is 5.91 Å². The Balaban J connectivity index is 1.61. The van der Waals surface area contributed by atoms with Crippen molar-refractivity contribution in [2.75, 3.05) is 11.1 Å². The van der Waals surface area contributed by atoms with Gasteiger partial charge in [0.15, 0.2) is 5.58 Å². The van der Waals surface area contributed by atoms with Gasteiger partial charge in [-0.2, -0.15) is 5.10 Å². The van der Waals surface area contributed by atoms with E-state index in [1.807, 2.05) is 24.3 Å². The molecular formula is C12H10N4O2S. The molecule has 2 heterocycles. The van der Waals surface area contributed by atoms with Gasteiger partial charge in [-0.25, -0.2) is 4.98 Å². The molecule has 0 bridgehead atoms. The molecule has 0 spiro atoms. The normalized spacial score (nSPS) is 10.7. The highest BCUT2D eigenvalue weighted by Crippen LogP contribution is 2.23. The van der Waals surface area contributed by atoms with Crippen molar-refractivity contribution in [3.8, 4) is 0 Å². The zero-order valence-electron chi connectivity index (χ0n) is 9.79. The van der Waals surface area contributed by atoms with E-state index in [9.17, 15) is 4.79 Å². The van der Waals surface area contributed by atoms with Crippen LogP contribution in [-0.2, 0) is 4.79 Å². The summed E-state index contributed by atoms with van der Waals surface area (Å²) < 4.78 is 5.51. The molecule has 2 aromatic heterocycles. The highest BCUT2D eigenvalue weighted by molar-refractivity contribution is 7.99. The minimum absolute atomic E-state index is 0.131. The summed E-state index contributed by atoms with van der Waals surface area (Å²) in [7, 11) is 0. The number of carbonyl (C=O) groups is 1. The van der Waals surface area contributed by atoms with Crippen LogP contribution in [-0.4, -0.2) is 26.8 Å². The summed E-state index contributed by atoms with van der Waals surface area (Å²) in [6.07, 6.45) is 3.16. The fourth-order valence-electron chi connectivity index (χ4n) is 1.56. The lowest BCUT2D eigenvalue weighted by atomic mass is 10.3. The van der Waals surface area contributed by atoms with Crippen LogP contribution in [0.2, 0.25) is 0 Å². The topological polar surface area (TPSA) is 83.8 Å². The molecule has 0 unspecified atom stereocenters. The van der Waals surface area contributed by atoms with E-state index < -0.39 is 0 Å². The molecule has 0 aliphatic carbocycles. The number of hydrogen-bond donors (Lipinski definition) is 2. The number of fused-ring (bicyclic) bond motifs is 1. The monoisotopic (exact) mass is 274 g/mol. The minimum Gasteiger partial charge on any atom is -0.431 e. The van der Waals surface area contributed by atoms with Crippen molar-refractivity contribution >= 4 is 34.5 Å². The van der Waals surface area contributed by atoms with Crippen molar-refractivity contribution in [2.24, 2.45) is 0 Å². The van der Waals surface area contributed by atoms with Crippen LogP contribution in [0, 0.1) is 0 Å². The fraction of sp³-hybridized carbons (Fsp3) is 0.0833. The molecule has 0 atom stereocenters. The molecule has 96 valence electrons. The van der Waals surface area contributed by atoms with Gasteiger partial charge in [0.05, 0.1) is 17.6 Å². The van der Waals surface area contributed by atoms with E-state index in [0.29, 0.717) is 10.9 Å². The smallest absolute Gasteiger partial charge is 0.257 e. The number of H-pyrrole nitrogens is 1. The van der Waals surface area contributed by atoms with Crippen molar-refractivity contribution < 1.29 is 9.21 Å². The summed E-state index contributed by atoms with van der Waals surface area (Å²) in [5.41, 5.74) is 2.16. The molecule has 0 saturated carbocycles. The zero-order chi connectivity index (χ0) is 13.1. The molecule has 0 saturated heterocycles. The lowest BCUT2D eigenvalue weighted by Crippen LogP contribution is -2.13. The largest absolute Gasteiger partial charge is 0.431 e. The summed E-state index contributed by atoms with van der Waals surface area (Å²) in [5, 5.41) is 9.56. The molecule has 0 aliphatic rings. The number of carbonyl (C=O) groups excluding carboxylic acids is 1. The van der Waals surface area contributed by atoms with Crippen molar-refractivity contribution in [2.45, 2.75) is 5.22 Å². The van der Waals surface area contributed by atoms with E-state index in [4.69, 9.17) is 4.42 Å². The third-order valence-electron chi connectivity index (χ3n) is 2.38. The molecule has 0 fully saturated rings. The van der Waals surface area contributed by atoms with Gasteiger partial charge in [0, 0.05) is 6.20 Å². The van der Waals surface area contributed by atoms with Crippen LogP contribution in [0.5, 0.6) is 0 Å². The first-order valence-corrected chi connectivity index (χ1v) is 6.57. The van der Waals surface area contributed by atoms with Gasteiger partial charge >= 0.3 is 0 Å². The van der Waals surface area contributed by atoms with Crippen LogP contribution in [0.3, 0.4) is 0 Å². The minimum atomic E-state index is -0.131. The Hall–Kier alpha value is -2.28.